The summed E-state index contributed by atoms with van der Waals surface area (Å²) in [4.78, 5) is 43.7. The monoisotopic (exact) mass is 586 g/mol. The zero-order chi connectivity index (χ0) is 30.7. The maximum absolute atomic E-state index is 13.2. The molecule has 4 heterocycles. The highest BCUT2D eigenvalue weighted by Crippen LogP contribution is 2.37. The number of nitrogens with one attached hydrogen (secondary N) is 1. The highest BCUT2D eigenvalue weighted by Gasteiger charge is 2.30. The summed E-state index contributed by atoms with van der Waals surface area (Å²) in [5.74, 6) is 0.124. The lowest BCUT2D eigenvalue weighted by molar-refractivity contribution is -0.145. The fourth-order valence-corrected chi connectivity index (χ4v) is 4.67. The third-order valence-corrected chi connectivity index (χ3v) is 6.51. The average Bonchev–Trinajstić information content (AvgIpc) is 3.35. The number of carbonyl (C=O) groups excluding carboxylic acids is 2. The Morgan fingerprint density at radius 1 is 1.20 bits per heavy atom. The van der Waals surface area contributed by atoms with E-state index >= 15 is 0 Å². The van der Waals surface area contributed by atoms with E-state index in [9.17, 15) is 14.4 Å². The first kappa shape index (κ1) is 33.8. The Hall–Kier alpha value is -3.41. The Labute approximate surface area is 246 Å². The number of rotatable bonds is 5. The van der Waals surface area contributed by atoms with Crippen molar-refractivity contribution in [2.24, 2.45) is 0 Å². The standard InChI is InChI=1S/C25H26N4O5.2C2H6.CH4OS/c1-4-16-17-11-15(34-25(32)28(3)8-7-26-2)5-6-20(17)27-23-18(16)12-29-21(23)9-14-10-22(30)33-13-19(14)24(29)31;2*1-2;1-3-2/h5-6,9,11,26H,4,7-8,10,12-13H2,1-3H3;2*1-2H3;2H,1H3. The molecule has 224 valence electrons. The van der Waals surface area contributed by atoms with Crippen LogP contribution in [0.15, 0.2) is 29.1 Å². The van der Waals surface area contributed by atoms with E-state index < -0.39 is 6.09 Å². The predicted octanol–water partition coefficient (Wildman–Crippen LogP) is 5.11. The van der Waals surface area contributed by atoms with Gasteiger partial charge in [0, 0.05) is 37.3 Å². The molecule has 0 aliphatic carbocycles. The van der Waals surface area contributed by atoms with Gasteiger partial charge in [-0.15, -0.1) is 0 Å². The molecule has 2 aliphatic rings. The number of cyclic esters (lactones) is 1. The summed E-state index contributed by atoms with van der Waals surface area (Å²) in [6, 6.07) is 7.31. The molecule has 0 saturated carbocycles. The summed E-state index contributed by atoms with van der Waals surface area (Å²) in [5.41, 5.74) is 5.41. The van der Waals surface area contributed by atoms with Crippen molar-refractivity contribution in [2.75, 3.05) is 33.4 Å². The highest BCUT2D eigenvalue weighted by atomic mass is 32.2. The predicted molar refractivity (Wildman–Crippen MR) is 165 cm³/mol. The minimum atomic E-state index is -0.428. The van der Waals surface area contributed by atoms with E-state index in [0.717, 1.165) is 51.9 Å². The fourth-order valence-electron chi connectivity index (χ4n) is 4.67. The van der Waals surface area contributed by atoms with Gasteiger partial charge < -0.3 is 28.8 Å². The molecule has 3 aromatic rings. The van der Waals surface area contributed by atoms with Crippen LogP contribution in [0.5, 0.6) is 5.75 Å². The van der Waals surface area contributed by atoms with E-state index in [1.807, 2.05) is 52.9 Å². The SMILES string of the molecule is CC.CC.CCc1c2c(nc3ccc(OC(=O)N(C)CCNC)cc13)-c1cc3c(c(=O)n1C2)COC(=O)C3.CSO. The van der Waals surface area contributed by atoms with E-state index in [4.69, 9.17) is 19.0 Å². The molecule has 0 unspecified atom stereocenters. The molecule has 2 aliphatic heterocycles. The molecule has 0 atom stereocenters. The van der Waals surface area contributed by atoms with Gasteiger partial charge >= 0.3 is 12.1 Å². The molecule has 0 saturated heterocycles. The van der Waals surface area contributed by atoms with Gasteiger partial charge in [-0.05, 0) is 60.9 Å². The normalized spacial score (nSPS) is 12.2. The van der Waals surface area contributed by atoms with E-state index in [1.165, 1.54) is 4.90 Å². The van der Waals surface area contributed by atoms with Crippen molar-refractivity contribution in [3.8, 4) is 17.1 Å². The van der Waals surface area contributed by atoms with Gasteiger partial charge in [0.05, 0.1) is 35.4 Å². The van der Waals surface area contributed by atoms with Crippen LogP contribution >= 0.6 is 12.0 Å². The van der Waals surface area contributed by atoms with E-state index in [-0.39, 0.29) is 24.6 Å². The number of hydrogen-bond acceptors (Lipinski definition) is 9. The third-order valence-electron chi connectivity index (χ3n) is 6.51. The van der Waals surface area contributed by atoms with Crippen LogP contribution in [0.4, 0.5) is 4.79 Å². The number of hydrogen-bond donors (Lipinski definition) is 2. The zero-order valence-corrected chi connectivity index (χ0v) is 26.1. The van der Waals surface area contributed by atoms with Crippen molar-refractivity contribution in [3.63, 3.8) is 0 Å². The van der Waals surface area contributed by atoms with E-state index in [1.54, 1.807) is 23.9 Å². The Kier molecular flexibility index (Phi) is 13.3. The molecule has 0 fully saturated rings. The quantitative estimate of drug-likeness (QED) is 0.243. The van der Waals surface area contributed by atoms with E-state index in [2.05, 4.69) is 12.2 Å². The second kappa shape index (κ2) is 16.1. The molecule has 2 N–H and O–H groups in total. The van der Waals surface area contributed by atoms with Gasteiger partial charge in [0.15, 0.2) is 0 Å². The van der Waals surface area contributed by atoms with Crippen molar-refractivity contribution in [1.82, 2.24) is 19.8 Å². The summed E-state index contributed by atoms with van der Waals surface area (Å²) >= 11 is 0.750. The number of pyridine rings is 2. The molecule has 0 radical (unpaired) electrons. The van der Waals surface area contributed by atoms with Crippen LogP contribution in [0.1, 0.15) is 56.9 Å². The van der Waals surface area contributed by atoms with Crippen molar-refractivity contribution >= 4 is 35.0 Å². The number of aromatic nitrogens is 2. The lowest BCUT2D eigenvalue weighted by Crippen LogP contribution is -2.34. The first-order valence-corrected chi connectivity index (χ1v) is 15.1. The summed E-state index contributed by atoms with van der Waals surface area (Å²) in [6.45, 7) is 11.7. The molecule has 5 rings (SSSR count). The molecule has 10 nitrogen and oxygen atoms in total. The first-order valence-electron chi connectivity index (χ1n) is 13.9. The van der Waals surface area contributed by atoms with Gasteiger partial charge in [0.1, 0.15) is 12.4 Å². The van der Waals surface area contributed by atoms with Crippen molar-refractivity contribution in [2.45, 2.75) is 60.6 Å². The third kappa shape index (κ3) is 7.46. The van der Waals surface area contributed by atoms with Crippen LogP contribution in [0.2, 0.25) is 0 Å². The summed E-state index contributed by atoms with van der Waals surface area (Å²) in [5, 5.41) is 3.90. The summed E-state index contributed by atoms with van der Waals surface area (Å²) in [7, 11) is 3.52. The Morgan fingerprint density at radius 3 is 2.51 bits per heavy atom. The Bertz CT molecular complexity index is 1420. The summed E-state index contributed by atoms with van der Waals surface area (Å²) in [6.07, 6.45) is 1.99. The number of fused-ring (bicyclic) bond motifs is 5. The van der Waals surface area contributed by atoms with Crippen molar-refractivity contribution in [3.05, 3.63) is 56.9 Å². The molecule has 11 heteroatoms. The number of benzene rings is 1. The molecule has 41 heavy (non-hydrogen) atoms. The largest absolute Gasteiger partial charge is 0.460 e. The van der Waals surface area contributed by atoms with Crippen molar-refractivity contribution < 1.29 is 23.6 Å². The van der Waals surface area contributed by atoms with Gasteiger partial charge in [-0.3, -0.25) is 9.59 Å². The Balaban J connectivity index is 0.000000775. The molecular formula is C30H42N4O6S. The van der Waals surface area contributed by atoms with Gasteiger partial charge in [0.2, 0.25) is 0 Å². The molecule has 0 spiro atoms. The lowest BCUT2D eigenvalue weighted by atomic mass is 9.98. The van der Waals surface area contributed by atoms with Gasteiger partial charge in [-0.1, -0.05) is 34.6 Å². The van der Waals surface area contributed by atoms with E-state index in [0.29, 0.717) is 36.5 Å². The number of likely N-dealkylation sites (N-methyl/N-ethyl adjacent to an activating group) is 2. The maximum atomic E-state index is 13.2. The molecular weight excluding hydrogens is 544 g/mol. The minimum absolute atomic E-state index is 0.0111. The number of aryl methyl sites for hydroxylation is 1. The van der Waals surface area contributed by atoms with Crippen molar-refractivity contribution in [1.29, 1.82) is 0 Å². The van der Waals surface area contributed by atoms with Crippen LogP contribution in [-0.4, -0.2) is 64.5 Å². The number of amides is 1. The molecule has 1 amide bonds. The summed E-state index contributed by atoms with van der Waals surface area (Å²) < 4.78 is 19.9. The van der Waals surface area contributed by atoms with Crippen LogP contribution < -0.4 is 15.6 Å². The lowest BCUT2D eigenvalue weighted by Gasteiger charge is -2.17. The second-order valence-electron chi connectivity index (χ2n) is 8.79. The molecule has 2 aromatic heterocycles. The average molecular weight is 587 g/mol. The van der Waals surface area contributed by atoms with Gasteiger partial charge in [-0.2, -0.15) is 0 Å². The number of ether oxygens (including phenoxy) is 2. The molecule has 1 aromatic carbocycles. The number of carbonyl (C=O) groups is 2. The van der Waals surface area contributed by atoms with Crippen LogP contribution in [0.3, 0.4) is 0 Å². The van der Waals surface area contributed by atoms with Crippen LogP contribution in [0, 0.1) is 0 Å². The van der Waals surface area contributed by atoms with Gasteiger partial charge in [-0.25, -0.2) is 9.78 Å². The number of esters is 1. The molecule has 0 bridgehead atoms. The maximum Gasteiger partial charge on any atom is 0.415 e. The van der Waals surface area contributed by atoms with Crippen LogP contribution in [0.25, 0.3) is 22.3 Å². The zero-order valence-electron chi connectivity index (χ0n) is 25.3. The minimum Gasteiger partial charge on any atom is -0.460 e. The van der Waals surface area contributed by atoms with Crippen LogP contribution in [-0.2, 0) is 35.5 Å². The van der Waals surface area contributed by atoms with Gasteiger partial charge in [0.25, 0.3) is 5.56 Å². The smallest absolute Gasteiger partial charge is 0.415 e. The Morgan fingerprint density at radius 2 is 1.88 bits per heavy atom. The topological polar surface area (TPSA) is 123 Å². The highest BCUT2D eigenvalue weighted by molar-refractivity contribution is 7.93. The first-order chi connectivity index (χ1) is 19.8. The number of nitrogens with zero attached hydrogens (tertiary/aromatic N) is 3. The second-order valence-corrected chi connectivity index (χ2v) is 9.15. The fraction of sp³-hybridized carbons (Fsp3) is 0.467.